The summed E-state index contributed by atoms with van der Waals surface area (Å²) in [5, 5.41) is 9.05. The fourth-order valence-electron chi connectivity index (χ4n) is 5.25. The first-order valence-electron chi connectivity index (χ1n) is 16.2. The molecule has 3 atom stereocenters. The van der Waals surface area contributed by atoms with E-state index in [1.807, 2.05) is 54.6 Å². The number of ether oxygens (including phenoxy) is 2. The van der Waals surface area contributed by atoms with Crippen LogP contribution in [0.3, 0.4) is 0 Å². The van der Waals surface area contributed by atoms with Gasteiger partial charge in [0.25, 0.3) is 0 Å². The number of fused-ring (bicyclic) bond motifs is 1. The molecule has 0 aliphatic carbocycles. The highest BCUT2D eigenvalue weighted by molar-refractivity contribution is 5.94. The molecule has 266 valence electrons. The minimum atomic E-state index is -1.18. The van der Waals surface area contributed by atoms with Gasteiger partial charge in [0.05, 0.1) is 7.11 Å². The zero-order valence-electron chi connectivity index (χ0n) is 28.6. The quantitative estimate of drug-likeness (QED) is 0.0420. The van der Waals surface area contributed by atoms with Crippen LogP contribution in [-0.2, 0) is 36.7 Å². The van der Waals surface area contributed by atoms with Gasteiger partial charge in [0.15, 0.2) is 5.96 Å². The van der Waals surface area contributed by atoms with Crippen molar-refractivity contribution in [3.63, 3.8) is 0 Å². The van der Waals surface area contributed by atoms with Crippen molar-refractivity contribution in [3.05, 3.63) is 78.2 Å². The Morgan fingerprint density at radius 2 is 1.56 bits per heavy atom. The van der Waals surface area contributed by atoms with Gasteiger partial charge in [-0.3, -0.25) is 14.6 Å². The number of nitrogens with zero attached hydrogens (tertiary/aromatic N) is 2. The third-order valence-electron chi connectivity index (χ3n) is 7.59. The Morgan fingerprint density at radius 3 is 2.24 bits per heavy atom. The average molecular weight is 688 g/mol. The number of aromatic nitrogens is 3. The van der Waals surface area contributed by atoms with E-state index in [1.54, 1.807) is 33.2 Å². The van der Waals surface area contributed by atoms with Gasteiger partial charge >= 0.3 is 12.1 Å². The number of carbonyl (C=O) groups is 4. The van der Waals surface area contributed by atoms with Crippen molar-refractivity contribution in [2.24, 2.45) is 16.5 Å². The highest BCUT2D eigenvalue weighted by Gasteiger charge is 2.32. The van der Waals surface area contributed by atoms with Crippen molar-refractivity contribution < 1.29 is 28.7 Å². The van der Waals surface area contributed by atoms with Gasteiger partial charge in [-0.15, -0.1) is 0 Å². The van der Waals surface area contributed by atoms with Gasteiger partial charge in [-0.1, -0.05) is 48.5 Å². The summed E-state index contributed by atoms with van der Waals surface area (Å²) in [6.07, 6.45) is 3.13. The molecule has 0 saturated heterocycles. The van der Waals surface area contributed by atoms with E-state index in [-0.39, 0.29) is 31.8 Å². The number of aromatic amines is 2. The first-order chi connectivity index (χ1) is 23.8. The van der Waals surface area contributed by atoms with Crippen LogP contribution in [0.5, 0.6) is 0 Å². The van der Waals surface area contributed by atoms with E-state index in [0.29, 0.717) is 17.9 Å². The number of hydrogen-bond acceptors (Lipinski definition) is 8. The number of nitrogens with one attached hydrogen (secondary N) is 5. The molecule has 0 spiro atoms. The fraction of sp³-hybridized carbons (Fsp3) is 0.371. The van der Waals surface area contributed by atoms with E-state index in [1.165, 1.54) is 7.11 Å². The van der Waals surface area contributed by atoms with Gasteiger partial charge in [-0.25, -0.2) is 14.6 Å². The van der Waals surface area contributed by atoms with Crippen molar-refractivity contribution in [2.45, 2.75) is 70.2 Å². The number of imidazole rings is 1. The SMILES string of the molecule is COC(=O)[C@H](CCCN=C(N)N)NC(=O)[C@H](Cc1c[nH]c2ccccc12)NC(=O)[C@H](Cc1cnc(-c2ccccc2)[nH]1)NC(=O)OC(C)(C)C. The lowest BCUT2D eigenvalue weighted by atomic mass is 10.0. The minimum Gasteiger partial charge on any atom is -0.467 e. The lowest BCUT2D eigenvalue weighted by molar-refractivity contribution is -0.145. The number of methoxy groups -OCH3 is 1. The summed E-state index contributed by atoms with van der Waals surface area (Å²) >= 11 is 0. The number of benzene rings is 2. The normalized spacial score (nSPS) is 13.0. The maximum Gasteiger partial charge on any atom is 0.408 e. The van der Waals surface area contributed by atoms with Crippen LogP contribution in [0.25, 0.3) is 22.3 Å². The lowest BCUT2D eigenvalue weighted by Gasteiger charge is -2.26. The summed E-state index contributed by atoms with van der Waals surface area (Å²) in [4.78, 5) is 68.3. The zero-order valence-corrected chi connectivity index (χ0v) is 28.6. The second-order valence-corrected chi connectivity index (χ2v) is 12.7. The smallest absolute Gasteiger partial charge is 0.408 e. The van der Waals surface area contributed by atoms with E-state index in [4.69, 9.17) is 20.9 Å². The lowest BCUT2D eigenvalue weighted by Crippen LogP contribution is -2.57. The van der Waals surface area contributed by atoms with Crippen LogP contribution in [0.15, 0.2) is 72.0 Å². The first-order valence-corrected chi connectivity index (χ1v) is 16.2. The standard InChI is InChI=1S/C35H45N9O6/c1-35(2,3)50-34(48)44-28(18-23-20-40-29(41-23)21-11-6-5-7-12-21)31(46)43-27(17-22-19-39-25-14-9-8-13-24(22)25)30(45)42-26(32(47)49-4)15-10-16-38-33(36)37/h5-9,11-14,19-20,26-28,39H,10,15-18H2,1-4H3,(H,40,41)(H,42,45)(H,43,46)(H,44,48)(H4,36,37,38)/t26-,27-,28-/m0/s1. The molecule has 2 aromatic carbocycles. The van der Waals surface area contributed by atoms with Gasteiger partial charge in [0, 0.05) is 53.9 Å². The molecule has 9 N–H and O–H groups in total. The van der Waals surface area contributed by atoms with Crippen molar-refractivity contribution >= 4 is 40.7 Å². The Kier molecular flexibility index (Phi) is 12.6. The predicted molar refractivity (Wildman–Crippen MR) is 189 cm³/mol. The Bertz CT molecular complexity index is 1790. The second kappa shape index (κ2) is 17.0. The molecule has 4 rings (SSSR count). The molecule has 15 nitrogen and oxygen atoms in total. The first kappa shape index (κ1) is 37.0. The summed E-state index contributed by atoms with van der Waals surface area (Å²) in [7, 11) is 1.22. The Labute approximate surface area is 290 Å². The van der Waals surface area contributed by atoms with Gasteiger partial charge < -0.3 is 46.9 Å². The molecular formula is C35H45N9O6. The number of alkyl carbamates (subject to hydrolysis) is 1. The molecule has 2 aromatic heterocycles. The molecule has 0 aliphatic rings. The number of guanidine groups is 1. The Balaban J connectivity index is 1.61. The van der Waals surface area contributed by atoms with E-state index < -0.39 is 47.6 Å². The zero-order chi connectivity index (χ0) is 36.3. The van der Waals surface area contributed by atoms with Crippen molar-refractivity contribution in [1.82, 2.24) is 30.9 Å². The Hall–Kier alpha value is -5.86. The molecule has 4 aromatic rings. The number of hydrogen-bond donors (Lipinski definition) is 7. The number of esters is 1. The molecular weight excluding hydrogens is 642 g/mol. The molecule has 15 heteroatoms. The van der Waals surface area contributed by atoms with E-state index >= 15 is 0 Å². The maximum absolute atomic E-state index is 14.0. The molecule has 0 saturated carbocycles. The number of rotatable bonds is 15. The number of para-hydroxylation sites is 1. The van der Waals surface area contributed by atoms with Gasteiger partial charge in [0.2, 0.25) is 11.8 Å². The molecule has 0 fully saturated rings. The number of aliphatic imine (C=N–C) groups is 1. The molecule has 0 bridgehead atoms. The average Bonchev–Trinajstić information content (AvgIpc) is 3.71. The van der Waals surface area contributed by atoms with E-state index in [2.05, 4.69) is 35.9 Å². The topological polar surface area (TPSA) is 232 Å². The number of nitrogens with two attached hydrogens (primary N) is 2. The monoisotopic (exact) mass is 687 g/mol. The van der Waals surface area contributed by atoms with Crippen molar-refractivity contribution in [1.29, 1.82) is 0 Å². The van der Waals surface area contributed by atoms with Crippen LogP contribution in [0.4, 0.5) is 4.79 Å². The molecule has 3 amide bonds. The minimum absolute atomic E-state index is 0.00190. The van der Waals surface area contributed by atoms with Crippen LogP contribution in [0.2, 0.25) is 0 Å². The molecule has 2 heterocycles. The highest BCUT2D eigenvalue weighted by Crippen LogP contribution is 2.20. The molecule has 0 unspecified atom stereocenters. The third kappa shape index (κ3) is 10.8. The number of H-pyrrole nitrogens is 2. The van der Waals surface area contributed by atoms with Crippen molar-refractivity contribution in [2.75, 3.05) is 13.7 Å². The molecule has 50 heavy (non-hydrogen) atoms. The summed E-state index contributed by atoms with van der Waals surface area (Å²) in [6, 6.07) is 13.6. The van der Waals surface area contributed by atoms with Crippen LogP contribution in [0, 0.1) is 0 Å². The summed E-state index contributed by atoms with van der Waals surface area (Å²) in [5.74, 6) is -1.47. The largest absolute Gasteiger partial charge is 0.467 e. The van der Waals surface area contributed by atoms with Gasteiger partial charge in [-0.2, -0.15) is 0 Å². The number of carbonyl (C=O) groups excluding carboxylic acids is 4. The van der Waals surface area contributed by atoms with E-state index in [9.17, 15) is 19.2 Å². The van der Waals surface area contributed by atoms with Crippen molar-refractivity contribution in [3.8, 4) is 11.4 Å². The summed E-state index contributed by atoms with van der Waals surface area (Å²) in [6.45, 7) is 5.36. The maximum atomic E-state index is 14.0. The predicted octanol–water partition coefficient (Wildman–Crippen LogP) is 2.43. The molecule has 0 aliphatic heterocycles. The van der Waals surface area contributed by atoms with E-state index in [0.717, 1.165) is 22.0 Å². The fourth-order valence-corrected chi connectivity index (χ4v) is 5.25. The van der Waals surface area contributed by atoms with Gasteiger partial charge in [0.1, 0.15) is 29.6 Å². The second-order valence-electron chi connectivity index (χ2n) is 12.7. The summed E-state index contributed by atoms with van der Waals surface area (Å²) < 4.78 is 10.4. The molecule has 0 radical (unpaired) electrons. The Morgan fingerprint density at radius 1 is 0.900 bits per heavy atom. The summed E-state index contributed by atoms with van der Waals surface area (Å²) in [5.41, 5.74) is 13.0. The van der Waals surface area contributed by atoms with Crippen LogP contribution in [-0.4, -0.2) is 82.2 Å². The third-order valence-corrected chi connectivity index (χ3v) is 7.59. The van der Waals surface area contributed by atoms with Crippen LogP contribution < -0.4 is 27.4 Å². The van der Waals surface area contributed by atoms with Crippen LogP contribution >= 0.6 is 0 Å². The van der Waals surface area contributed by atoms with Gasteiger partial charge in [-0.05, 0) is 45.2 Å². The highest BCUT2D eigenvalue weighted by atomic mass is 16.6. The van der Waals surface area contributed by atoms with Crippen LogP contribution in [0.1, 0.15) is 44.9 Å². The number of amides is 3.